The van der Waals surface area contributed by atoms with Crippen molar-refractivity contribution in [3.8, 4) is 0 Å². The first-order valence-corrected chi connectivity index (χ1v) is 10.0. The molecule has 0 radical (unpaired) electrons. The molecule has 0 saturated carbocycles. The molecule has 0 bridgehead atoms. The van der Waals surface area contributed by atoms with Crippen molar-refractivity contribution in [2.24, 2.45) is 0 Å². The third kappa shape index (κ3) is 6.40. The van der Waals surface area contributed by atoms with E-state index < -0.39 is 11.9 Å². The topological polar surface area (TPSA) is 72.9 Å². The number of hydrogen-bond donors (Lipinski definition) is 0. The largest absolute Gasteiger partial charge is 0.462 e. The van der Waals surface area contributed by atoms with Crippen LogP contribution in [0.25, 0.3) is 5.57 Å². The quantitative estimate of drug-likeness (QED) is 0.265. The second kappa shape index (κ2) is 11.5. The first kappa shape index (κ1) is 23.6. The average molecular weight is 421 g/mol. The Hall–Kier alpha value is -3.67. The standard InChI is InChI=1S/C25H27NO5/c1-5-30-24(28)21(15-16-22(26(3)4)25(29)31-6-2)19-13-10-14-20(17-19)23(27)18-11-8-7-9-12-18/h7-17H,5-6H2,1-4H3/b21-15+,22-16-. The zero-order valence-corrected chi connectivity index (χ0v) is 18.3. The van der Waals surface area contributed by atoms with Gasteiger partial charge in [-0.15, -0.1) is 0 Å². The van der Waals surface area contributed by atoms with Crippen LogP contribution in [0.1, 0.15) is 35.3 Å². The molecule has 0 spiro atoms. The molecule has 0 amide bonds. The molecule has 0 N–H and O–H groups in total. The SMILES string of the molecule is CCOC(=O)/C(=C/C=C(/C(=O)OCC)c1cccc(C(=O)c2ccccc2)c1)N(C)C. The van der Waals surface area contributed by atoms with Crippen LogP contribution in [0.2, 0.25) is 0 Å². The Bertz CT molecular complexity index is 990. The average Bonchev–Trinajstić information content (AvgIpc) is 2.77. The number of esters is 2. The Morgan fingerprint density at radius 1 is 0.774 bits per heavy atom. The van der Waals surface area contributed by atoms with Gasteiger partial charge in [0.1, 0.15) is 5.70 Å². The van der Waals surface area contributed by atoms with Crippen LogP contribution in [0.15, 0.2) is 72.4 Å². The molecule has 6 heteroatoms. The summed E-state index contributed by atoms with van der Waals surface area (Å²) in [6.45, 7) is 3.87. The van der Waals surface area contributed by atoms with Gasteiger partial charge in [0.2, 0.25) is 0 Å². The first-order chi connectivity index (χ1) is 14.9. The fraction of sp³-hybridized carbons (Fsp3) is 0.240. The lowest BCUT2D eigenvalue weighted by Gasteiger charge is -2.15. The zero-order chi connectivity index (χ0) is 22.8. The number of ketones is 1. The summed E-state index contributed by atoms with van der Waals surface area (Å²) in [6, 6.07) is 15.7. The van der Waals surface area contributed by atoms with Crippen molar-refractivity contribution in [1.82, 2.24) is 4.90 Å². The van der Waals surface area contributed by atoms with Crippen molar-refractivity contribution in [3.05, 3.63) is 89.1 Å². The van der Waals surface area contributed by atoms with Gasteiger partial charge in [0.15, 0.2) is 5.78 Å². The number of likely N-dealkylation sites (N-methyl/N-ethyl adjacent to an activating group) is 1. The highest BCUT2D eigenvalue weighted by atomic mass is 16.5. The molecule has 0 heterocycles. The fourth-order valence-electron chi connectivity index (χ4n) is 2.84. The second-order valence-electron chi connectivity index (χ2n) is 6.74. The molecule has 0 aliphatic rings. The van der Waals surface area contributed by atoms with E-state index in [2.05, 4.69) is 0 Å². The smallest absolute Gasteiger partial charge is 0.354 e. The molecular formula is C25H27NO5. The van der Waals surface area contributed by atoms with Gasteiger partial charge in [-0.05, 0) is 37.6 Å². The predicted octanol–water partition coefficient (Wildman–Crippen LogP) is 3.87. The number of benzene rings is 2. The van der Waals surface area contributed by atoms with Crippen molar-refractivity contribution in [2.75, 3.05) is 27.3 Å². The van der Waals surface area contributed by atoms with Crippen LogP contribution in [-0.2, 0) is 19.1 Å². The third-order valence-electron chi connectivity index (χ3n) is 4.34. The lowest BCUT2D eigenvalue weighted by atomic mass is 9.98. The van der Waals surface area contributed by atoms with Crippen molar-refractivity contribution < 1.29 is 23.9 Å². The molecule has 0 aromatic heterocycles. The highest BCUT2D eigenvalue weighted by Crippen LogP contribution is 2.21. The van der Waals surface area contributed by atoms with E-state index in [0.29, 0.717) is 16.7 Å². The van der Waals surface area contributed by atoms with E-state index in [0.717, 1.165) is 0 Å². The number of carbonyl (C=O) groups is 3. The molecule has 0 aliphatic carbocycles. The molecule has 2 rings (SSSR count). The van der Waals surface area contributed by atoms with E-state index in [1.54, 1.807) is 81.4 Å². The van der Waals surface area contributed by atoms with Crippen molar-refractivity contribution in [2.45, 2.75) is 13.8 Å². The number of hydrogen-bond acceptors (Lipinski definition) is 6. The van der Waals surface area contributed by atoms with Crippen LogP contribution in [0.3, 0.4) is 0 Å². The molecular weight excluding hydrogens is 394 g/mol. The minimum Gasteiger partial charge on any atom is -0.462 e. The van der Waals surface area contributed by atoms with Gasteiger partial charge in [0.05, 0.1) is 18.8 Å². The lowest BCUT2D eigenvalue weighted by Crippen LogP contribution is -2.21. The summed E-state index contributed by atoms with van der Waals surface area (Å²) in [4.78, 5) is 39.3. The minimum atomic E-state index is -0.551. The lowest BCUT2D eigenvalue weighted by molar-refractivity contribution is -0.140. The highest BCUT2D eigenvalue weighted by Gasteiger charge is 2.17. The van der Waals surface area contributed by atoms with Crippen molar-refractivity contribution in [3.63, 3.8) is 0 Å². The van der Waals surface area contributed by atoms with Crippen molar-refractivity contribution in [1.29, 1.82) is 0 Å². The van der Waals surface area contributed by atoms with E-state index in [1.165, 1.54) is 12.2 Å². The molecule has 2 aromatic carbocycles. The number of ether oxygens (including phenoxy) is 2. The maximum absolute atomic E-state index is 12.8. The molecule has 0 aliphatic heterocycles. The molecule has 162 valence electrons. The van der Waals surface area contributed by atoms with Gasteiger partial charge in [-0.2, -0.15) is 0 Å². The zero-order valence-electron chi connectivity index (χ0n) is 18.3. The normalized spacial score (nSPS) is 11.6. The summed E-state index contributed by atoms with van der Waals surface area (Å²) in [5, 5.41) is 0. The van der Waals surface area contributed by atoms with Gasteiger partial charge in [0.25, 0.3) is 0 Å². The summed E-state index contributed by atoms with van der Waals surface area (Å²) in [7, 11) is 3.42. The highest BCUT2D eigenvalue weighted by molar-refractivity contribution is 6.18. The maximum Gasteiger partial charge on any atom is 0.354 e. The molecule has 0 unspecified atom stereocenters. The van der Waals surface area contributed by atoms with E-state index in [4.69, 9.17) is 9.47 Å². The number of rotatable bonds is 9. The molecule has 0 fully saturated rings. The first-order valence-electron chi connectivity index (χ1n) is 10.0. The molecule has 0 atom stereocenters. The molecule has 2 aromatic rings. The second-order valence-corrected chi connectivity index (χ2v) is 6.74. The predicted molar refractivity (Wildman–Crippen MR) is 119 cm³/mol. The van der Waals surface area contributed by atoms with Crippen LogP contribution < -0.4 is 0 Å². The van der Waals surface area contributed by atoms with E-state index in [1.807, 2.05) is 6.07 Å². The molecule has 0 saturated heterocycles. The van der Waals surface area contributed by atoms with Crippen LogP contribution in [-0.4, -0.2) is 49.9 Å². The summed E-state index contributed by atoms with van der Waals surface area (Å²) in [5.41, 5.74) is 2.02. The van der Waals surface area contributed by atoms with Gasteiger partial charge >= 0.3 is 11.9 Å². The number of carbonyl (C=O) groups excluding carboxylic acids is 3. The molecule has 31 heavy (non-hydrogen) atoms. The van der Waals surface area contributed by atoms with E-state index in [-0.39, 0.29) is 30.3 Å². The monoisotopic (exact) mass is 421 g/mol. The van der Waals surface area contributed by atoms with Gasteiger partial charge < -0.3 is 14.4 Å². The van der Waals surface area contributed by atoms with E-state index >= 15 is 0 Å². The Balaban J connectivity index is 2.50. The van der Waals surface area contributed by atoms with E-state index in [9.17, 15) is 14.4 Å². The Labute approximate surface area is 182 Å². The Morgan fingerprint density at radius 2 is 1.35 bits per heavy atom. The van der Waals surface area contributed by atoms with Crippen molar-refractivity contribution >= 4 is 23.3 Å². The maximum atomic E-state index is 12.8. The Morgan fingerprint density at radius 3 is 1.97 bits per heavy atom. The number of nitrogens with zero attached hydrogens (tertiary/aromatic N) is 1. The van der Waals surface area contributed by atoms with Crippen LogP contribution in [0, 0.1) is 0 Å². The minimum absolute atomic E-state index is 0.151. The van der Waals surface area contributed by atoms with Gasteiger partial charge in [0, 0.05) is 25.2 Å². The number of allylic oxidation sites excluding steroid dienone is 2. The van der Waals surface area contributed by atoms with Gasteiger partial charge in [-0.25, -0.2) is 9.59 Å². The summed E-state index contributed by atoms with van der Waals surface area (Å²) in [6.07, 6.45) is 3.02. The molecule has 6 nitrogen and oxygen atoms in total. The fourth-order valence-corrected chi connectivity index (χ4v) is 2.84. The van der Waals surface area contributed by atoms with Crippen LogP contribution in [0.4, 0.5) is 0 Å². The Kier molecular flexibility index (Phi) is 8.76. The summed E-state index contributed by atoms with van der Waals surface area (Å²) >= 11 is 0. The van der Waals surface area contributed by atoms with Crippen LogP contribution in [0.5, 0.6) is 0 Å². The van der Waals surface area contributed by atoms with Gasteiger partial charge in [-0.1, -0.05) is 48.5 Å². The summed E-state index contributed by atoms with van der Waals surface area (Å²) < 4.78 is 10.3. The third-order valence-corrected chi connectivity index (χ3v) is 4.34. The van der Waals surface area contributed by atoms with Gasteiger partial charge in [-0.3, -0.25) is 4.79 Å². The van der Waals surface area contributed by atoms with Crippen LogP contribution >= 0.6 is 0 Å². The summed E-state index contributed by atoms with van der Waals surface area (Å²) in [5.74, 6) is -1.20.